The number of rotatable bonds is 1. The van der Waals surface area contributed by atoms with Crippen molar-refractivity contribution in [3.63, 3.8) is 0 Å². The molecular formula is C20H12N2O. The summed E-state index contributed by atoms with van der Waals surface area (Å²) in [5.74, 6) is 0. The van der Waals surface area contributed by atoms with Crippen molar-refractivity contribution >= 4 is 43.4 Å². The van der Waals surface area contributed by atoms with Gasteiger partial charge in [0.1, 0.15) is 0 Å². The Balaban J connectivity index is 2.21. The molecule has 0 saturated carbocycles. The molecule has 0 aliphatic rings. The first-order valence-corrected chi connectivity index (χ1v) is 7.56. The van der Waals surface area contributed by atoms with E-state index in [1.54, 1.807) is 0 Å². The average Bonchev–Trinajstić information content (AvgIpc) is 2.96. The van der Waals surface area contributed by atoms with E-state index in [9.17, 15) is 4.91 Å². The van der Waals surface area contributed by atoms with E-state index in [-0.39, 0.29) is 0 Å². The fourth-order valence-electron chi connectivity index (χ4n) is 3.62. The Bertz CT molecular complexity index is 1140. The minimum atomic E-state index is 0.852. The van der Waals surface area contributed by atoms with Gasteiger partial charge in [-0.1, -0.05) is 60.7 Å². The van der Waals surface area contributed by atoms with Gasteiger partial charge in [0.25, 0.3) is 0 Å². The molecular weight excluding hydrogens is 284 g/mol. The van der Waals surface area contributed by atoms with Crippen LogP contribution in [0.25, 0.3) is 43.4 Å². The topological polar surface area (TPSA) is 34.4 Å². The molecule has 0 unspecified atom stereocenters. The number of aromatic nitrogens is 1. The van der Waals surface area contributed by atoms with Crippen LogP contribution >= 0.6 is 0 Å². The maximum atomic E-state index is 11.5. The summed E-state index contributed by atoms with van der Waals surface area (Å²) in [6.07, 6.45) is 0. The van der Waals surface area contributed by atoms with Crippen molar-refractivity contribution in [2.24, 2.45) is 5.29 Å². The molecule has 0 aliphatic heterocycles. The Labute approximate surface area is 131 Å². The molecule has 0 saturated heterocycles. The lowest BCUT2D eigenvalue weighted by molar-refractivity contribution is 0.954. The standard InChI is InChI=1S/C20H12N2O/c23-21-22-17-11-9-13-5-1-3-7-15(13)19(17)20-16-8-4-2-6-14(16)10-12-18(20)22/h1-12H. The number of hydrogen-bond acceptors (Lipinski definition) is 2. The first-order chi connectivity index (χ1) is 11.4. The Kier molecular flexibility index (Phi) is 2.36. The Morgan fingerprint density at radius 1 is 0.609 bits per heavy atom. The highest BCUT2D eigenvalue weighted by atomic mass is 16.3. The molecule has 0 atom stereocenters. The normalized spacial score (nSPS) is 11.7. The van der Waals surface area contributed by atoms with Crippen LogP contribution in [0.3, 0.4) is 0 Å². The molecule has 0 radical (unpaired) electrons. The molecule has 3 heteroatoms. The number of nitrogens with zero attached hydrogens (tertiary/aromatic N) is 2. The van der Waals surface area contributed by atoms with Crippen LogP contribution in [0.15, 0.2) is 78.1 Å². The van der Waals surface area contributed by atoms with Crippen molar-refractivity contribution in [1.29, 1.82) is 0 Å². The summed E-state index contributed by atoms with van der Waals surface area (Å²) in [5.41, 5.74) is 1.70. The van der Waals surface area contributed by atoms with E-state index >= 15 is 0 Å². The zero-order chi connectivity index (χ0) is 15.4. The van der Waals surface area contributed by atoms with Crippen molar-refractivity contribution in [2.75, 3.05) is 0 Å². The molecule has 1 heterocycles. The molecule has 0 bridgehead atoms. The van der Waals surface area contributed by atoms with Gasteiger partial charge in [-0.05, 0) is 33.7 Å². The van der Waals surface area contributed by atoms with Crippen molar-refractivity contribution in [3.8, 4) is 0 Å². The number of hydrogen-bond donors (Lipinski definition) is 0. The second-order valence-corrected chi connectivity index (χ2v) is 5.76. The molecule has 108 valence electrons. The zero-order valence-corrected chi connectivity index (χ0v) is 12.2. The molecule has 0 fully saturated rings. The maximum Gasteiger partial charge on any atom is 0.0771 e. The van der Waals surface area contributed by atoms with Crippen molar-refractivity contribution in [1.82, 2.24) is 4.68 Å². The van der Waals surface area contributed by atoms with Crippen LogP contribution in [0.2, 0.25) is 0 Å². The van der Waals surface area contributed by atoms with Gasteiger partial charge in [-0.2, -0.15) is 4.68 Å². The Morgan fingerprint density at radius 3 is 1.57 bits per heavy atom. The highest BCUT2D eigenvalue weighted by Crippen LogP contribution is 2.38. The van der Waals surface area contributed by atoms with Crippen LogP contribution < -0.4 is 0 Å². The molecule has 5 rings (SSSR count). The zero-order valence-electron chi connectivity index (χ0n) is 12.2. The molecule has 1 aromatic heterocycles. The van der Waals surface area contributed by atoms with Crippen LogP contribution in [-0.4, -0.2) is 4.68 Å². The molecule has 4 aromatic carbocycles. The SMILES string of the molecule is O=Nn1c2ccc3ccccc3c2c2c3ccccc3ccc21. The summed E-state index contributed by atoms with van der Waals surface area (Å²) >= 11 is 0. The van der Waals surface area contributed by atoms with Gasteiger partial charge in [-0.3, -0.25) is 0 Å². The van der Waals surface area contributed by atoms with Crippen molar-refractivity contribution < 1.29 is 0 Å². The van der Waals surface area contributed by atoms with Gasteiger partial charge in [0.15, 0.2) is 0 Å². The highest BCUT2D eigenvalue weighted by molar-refractivity contribution is 6.27. The third-order valence-electron chi connectivity index (χ3n) is 4.60. The predicted octanol–water partition coefficient (Wildman–Crippen LogP) is 5.63. The summed E-state index contributed by atoms with van der Waals surface area (Å²) in [6.45, 7) is 0. The third-order valence-corrected chi connectivity index (χ3v) is 4.60. The average molecular weight is 296 g/mol. The van der Waals surface area contributed by atoms with E-state index in [0.29, 0.717) is 0 Å². The largest absolute Gasteiger partial charge is 0.196 e. The first kappa shape index (κ1) is 12.4. The van der Waals surface area contributed by atoms with E-state index in [4.69, 9.17) is 0 Å². The molecule has 5 aromatic rings. The van der Waals surface area contributed by atoms with Gasteiger partial charge in [-0.25, -0.2) is 0 Å². The second kappa shape index (κ2) is 4.40. The van der Waals surface area contributed by atoms with E-state index in [1.165, 1.54) is 4.68 Å². The van der Waals surface area contributed by atoms with E-state index in [1.807, 2.05) is 48.5 Å². The van der Waals surface area contributed by atoms with E-state index in [0.717, 1.165) is 43.4 Å². The van der Waals surface area contributed by atoms with Crippen molar-refractivity contribution in [2.45, 2.75) is 0 Å². The fraction of sp³-hybridized carbons (Fsp3) is 0. The van der Waals surface area contributed by atoms with Gasteiger partial charge in [0.05, 0.1) is 16.3 Å². The van der Waals surface area contributed by atoms with Gasteiger partial charge >= 0.3 is 0 Å². The molecule has 0 aliphatic carbocycles. The van der Waals surface area contributed by atoms with Crippen LogP contribution in [0, 0.1) is 4.91 Å². The van der Waals surface area contributed by atoms with Crippen molar-refractivity contribution in [3.05, 3.63) is 77.7 Å². The van der Waals surface area contributed by atoms with Crippen LogP contribution in [0.1, 0.15) is 0 Å². The van der Waals surface area contributed by atoms with Gasteiger partial charge in [0, 0.05) is 10.8 Å². The smallest absolute Gasteiger partial charge is 0.0771 e. The molecule has 0 amide bonds. The van der Waals surface area contributed by atoms with Gasteiger partial charge in [0.2, 0.25) is 0 Å². The summed E-state index contributed by atoms with van der Waals surface area (Å²) < 4.78 is 1.50. The second-order valence-electron chi connectivity index (χ2n) is 5.76. The predicted molar refractivity (Wildman–Crippen MR) is 95.6 cm³/mol. The molecule has 0 spiro atoms. The minimum Gasteiger partial charge on any atom is -0.196 e. The molecule has 0 N–H and O–H groups in total. The summed E-state index contributed by atoms with van der Waals surface area (Å²) in [7, 11) is 0. The summed E-state index contributed by atoms with van der Waals surface area (Å²) in [4.78, 5) is 11.5. The molecule has 3 nitrogen and oxygen atoms in total. The van der Waals surface area contributed by atoms with Crippen LogP contribution in [-0.2, 0) is 0 Å². The summed E-state index contributed by atoms with van der Waals surface area (Å²) in [5, 5.41) is 10.1. The van der Waals surface area contributed by atoms with E-state index in [2.05, 4.69) is 29.6 Å². The lowest BCUT2D eigenvalue weighted by Gasteiger charge is -2.02. The first-order valence-electron chi connectivity index (χ1n) is 7.56. The number of benzene rings is 4. The quantitative estimate of drug-likeness (QED) is 0.369. The summed E-state index contributed by atoms with van der Waals surface area (Å²) in [6, 6.07) is 24.6. The van der Waals surface area contributed by atoms with E-state index < -0.39 is 0 Å². The lowest BCUT2D eigenvalue weighted by Crippen LogP contribution is -1.85. The highest BCUT2D eigenvalue weighted by Gasteiger charge is 2.15. The van der Waals surface area contributed by atoms with Gasteiger partial charge in [-0.15, -0.1) is 4.91 Å². The van der Waals surface area contributed by atoms with Crippen LogP contribution in [0.4, 0.5) is 0 Å². The Morgan fingerprint density at radius 2 is 1.09 bits per heavy atom. The third kappa shape index (κ3) is 1.53. The number of nitroso groups, excluding NO2 is 1. The minimum absolute atomic E-state index is 0.852. The van der Waals surface area contributed by atoms with Crippen LogP contribution in [0.5, 0.6) is 0 Å². The maximum absolute atomic E-state index is 11.5. The van der Waals surface area contributed by atoms with Gasteiger partial charge < -0.3 is 0 Å². The molecule has 23 heavy (non-hydrogen) atoms. The fourth-order valence-corrected chi connectivity index (χ4v) is 3.62. The monoisotopic (exact) mass is 296 g/mol. The number of fused-ring (bicyclic) bond motifs is 7. The Hall–Kier alpha value is -3.20. The lowest BCUT2D eigenvalue weighted by atomic mass is 10.00.